The second-order valence-electron chi connectivity index (χ2n) is 4.96. The third-order valence-electron chi connectivity index (χ3n) is 3.39. The first-order valence-electron chi connectivity index (χ1n) is 6.80. The van der Waals surface area contributed by atoms with Crippen molar-refractivity contribution in [1.29, 1.82) is 0 Å². The number of hydrazone groups is 1. The molecule has 0 radical (unpaired) electrons. The second-order valence-corrected chi connectivity index (χ2v) is 4.96. The van der Waals surface area contributed by atoms with Gasteiger partial charge in [0.05, 0.1) is 11.9 Å². The largest absolute Gasteiger partial charge is 0.507 e. The molecule has 21 heavy (non-hydrogen) atoms. The van der Waals surface area contributed by atoms with E-state index in [1.54, 1.807) is 12.3 Å². The molecule has 3 aromatic rings. The van der Waals surface area contributed by atoms with Crippen molar-refractivity contribution in [2.24, 2.45) is 5.10 Å². The van der Waals surface area contributed by atoms with Crippen molar-refractivity contribution in [2.75, 3.05) is 5.43 Å². The standard InChI is InChI=1S/C18H16N2O/c1-13-6-9-15(10-7-13)20-19-12-17-16-5-3-2-4-14(16)8-11-18(17)21/h2-12,20-21H,1H3/b19-12+. The fourth-order valence-corrected chi connectivity index (χ4v) is 2.22. The molecule has 0 aliphatic rings. The predicted octanol–water partition coefficient (Wildman–Crippen LogP) is 4.30. The summed E-state index contributed by atoms with van der Waals surface area (Å²) < 4.78 is 0. The number of hydrogen-bond donors (Lipinski definition) is 2. The molecule has 0 amide bonds. The quantitative estimate of drug-likeness (QED) is 0.553. The predicted molar refractivity (Wildman–Crippen MR) is 88.0 cm³/mol. The van der Waals surface area contributed by atoms with Crippen molar-refractivity contribution in [3.63, 3.8) is 0 Å². The lowest BCUT2D eigenvalue weighted by molar-refractivity contribution is 0.475. The average Bonchev–Trinajstić information content (AvgIpc) is 2.51. The monoisotopic (exact) mass is 276 g/mol. The number of phenols is 1. The van der Waals surface area contributed by atoms with E-state index in [0.29, 0.717) is 5.56 Å². The van der Waals surface area contributed by atoms with E-state index in [0.717, 1.165) is 16.5 Å². The third kappa shape index (κ3) is 2.87. The van der Waals surface area contributed by atoms with Crippen molar-refractivity contribution in [3.8, 4) is 5.75 Å². The van der Waals surface area contributed by atoms with Crippen molar-refractivity contribution in [3.05, 3.63) is 71.8 Å². The summed E-state index contributed by atoms with van der Waals surface area (Å²) in [7, 11) is 0. The minimum atomic E-state index is 0.225. The molecule has 2 N–H and O–H groups in total. The Balaban J connectivity index is 1.89. The molecule has 0 saturated carbocycles. The molecule has 3 aromatic carbocycles. The number of phenolic OH excluding ortho intramolecular Hbond substituents is 1. The topological polar surface area (TPSA) is 44.6 Å². The van der Waals surface area contributed by atoms with Crippen LogP contribution in [-0.2, 0) is 0 Å². The van der Waals surface area contributed by atoms with E-state index in [1.165, 1.54) is 5.56 Å². The lowest BCUT2D eigenvalue weighted by atomic mass is 10.0. The second kappa shape index (κ2) is 5.67. The maximum atomic E-state index is 10.0. The van der Waals surface area contributed by atoms with Gasteiger partial charge in [0.25, 0.3) is 0 Å². The highest BCUT2D eigenvalue weighted by atomic mass is 16.3. The van der Waals surface area contributed by atoms with Gasteiger partial charge in [-0.2, -0.15) is 5.10 Å². The fraction of sp³-hybridized carbons (Fsp3) is 0.0556. The van der Waals surface area contributed by atoms with E-state index >= 15 is 0 Å². The molecule has 0 atom stereocenters. The number of benzene rings is 3. The van der Waals surface area contributed by atoms with Gasteiger partial charge < -0.3 is 5.11 Å². The molecule has 104 valence electrons. The Hall–Kier alpha value is -2.81. The first-order valence-corrected chi connectivity index (χ1v) is 6.80. The number of anilines is 1. The Morgan fingerprint density at radius 3 is 2.52 bits per heavy atom. The van der Waals surface area contributed by atoms with Crippen molar-refractivity contribution < 1.29 is 5.11 Å². The van der Waals surface area contributed by atoms with E-state index in [2.05, 4.69) is 10.5 Å². The van der Waals surface area contributed by atoms with Crippen LogP contribution in [0.2, 0.25) is 0 Å². The molecule has 0 aliphatic carbocycles. The molecular formula is C18H16N2O. The summed E-state index contributed by atoms with van der Waals surface area (Å²) in [5.41, 5.74) is 5.80. The minimum absolute atomic E-state index is 0.225. The van der Waals surface area contributed by atoms with E-state index < -0.39 is 0 Å². The molecule has 3 heteroatoms. The van der Waals surface area contributed by atoms with Crippen LogP contribution in [0.5, 0.6) is 5.75 Å². The van der Waals surface area contributed by atoms with Crippen LogP contribution in [0.3, 0.4) is 0 Å². The van der Waals surface area contributed by atoms with Gasteiger partial charge in [-0.1, -0.05) is 48.0 Å². The number of aryl methyl sites for hydroxylation is 1. The lowest BCUT2D eigenvalue weighted by Gasteiger charge is -2.05. The van der Waals surface area contributed by atoms with E-state index in [1.807, 2.05) is 61.5 Å². The number of nitrogens with one attached hydrogen (secondary N) is 1. The van der Waals surface area contributed by atoms with Crippen LogP contribution in [-0.4, -0.2) is 11.3 Å². The summed E-state index contributed by atoms with van der Waals surface area (Å²) in [5, 5.41) is 16.3. The zero-order chi connectivity index (χ0) is 14.7. The Kier molecular flexibility index (Phi) is 3.56. The average molecular weight is 276 g/mol. The van der Waals surface area contributed by atoms with Gasteiger partial charge in [0, 0.05) is 5.56 Å². The van der Waals surface area contributed by atoms with Gasteiger partial charge in [0.1, 0.15) is 5.75 Å². The molecule has 0 aliphatic heterocycles. The number of fused-ring (bicyclic) bond motifs is 1. The Bertz CT molecular complexity index is 792. The van der Waals surface area contributed by atoms with E-state index in [-0.39, 0.29) is 5.75 Å². The zero-order valence-electron chi connectivity index (χ0n) is 11.7. The highest BCUT2D eigenvalue weighted by Gasteiger charge is 2.03. The zero-order valence-corrected chi connectivity index (χ0v) is 11.7. The van der Waals surface area contributed by atoms with Gasteiger partial charge in [-0.25, -0.2) is 0 Å². The van der Waals surface area contributed by atoms with Crippen LogP contribution in [0.15, 0.2) is 65.8 Å². The molecule has 3 nitrogen and oxygen atoms in total. The molecule has 0 bridgehead atoms. The first kappa shape index (κ1) is 13.2. The Morgan fingerprint density at radius 2 is 1.71 bits per heavy atom. The van der Waals surface area contributed by atoms with Crippen LogP contribution in [0.1, 0.15) is 11.1 Å². The first-order chi connectivity index (χ1) is 10.2. The minimum Gasteiger partial charge on any atom is -0.507 e. The lowest BCUT2D eigenvalue weighted by Crippen LogP contribution is -1.92. The van der Waals surface area contributed by atoms with Gasteiger partial charge in [0.15, 0.2) is 0 Å². The van der Waals surface area contributed by atoms with Gasteiger partial charge in [0.2, 0.25) is 0 Å². The number of rotatable bonds is 3. The van der Waals surface area contributed by atoms with Gasteiger partial charge >= 0.3 is 0 Å². The van der Waals surface area contributed by atoms with Crippen molar-refractivity contribution >= 4 is 22.7 Å². The SMILES string of the molecule is Cc1ccc(N/N=C/c2c(O)ccc3ccccc23)cc1. The molecule has 0 unspecified atom stereocenters. The van der Waals surface area contributed by atoms with E-state index in [4.69, 9.17) is 0 Å². The van der Waals surface area contributed by atoms with Gasteiger partial charge in [-0.05, 0) is 35.9 Å². The summed E-state index contributed by atoms with van der Waals surface area (Å²) in [4.78, 5) is 0. The summed E-state index contributed by atoms with van der Waals surface area (Å²) in [6, 6.07) is 19.5. The van der Waals surface area contributed by atoms with Crippen LogP contribution in [0.25, 0.3) is 10.8 Å². The van der Waals surface area contributed by atoms with Crippen LogP contribution < -0.4 is 5.43 Å². The molecule has 0 heterocycles. The number of aromatic hydroxyl groups is 1. The van der Waals surface area contributed by atoms with Gasteiger partial charge in [-0.15, -0.1) is 0 Å². The van der Waals surface area contributed by atoms with Crippen LogP contribution in [0, 0.1) is 6.92 Å². The molecule has 0 fully saturated rings. The molecule has 3 rings (SSSR count). The fourth-order valence-electron chi connectivity index (χ4n) is 2.22. The summed E-state index contributed by atoms with van der Waals surface area (Å²) in [5.74, 6) is 0.225. The molecule has 0 saturated heterocycles. The summed E-state index contributed by atoms with van der Waals surface area (Å²) in [6.07, 6.45) is 1.65. The van der Waals surface area contributed by atoms with E-state index in [9.17, 15) is 5.11 Å². The maximum absolute atomic E-state index is 10.0. The van der Waals surface area contributed by atoms with Crippen molar-refractivity contribution in [1.82, 2.24) is 0 Å². The maximum Gasteiger partial charge on any atom is 0.125 e. The number of nitrogens with zero attached hydrogens (tertiary/aromatic N) is 1. The third-order valence-corrected chi connectivity index (χ3v) is 3.39. The Labute approximate surface area is 123 Å². The smallest absolute Gasteiger partial charge is 0.125 e. The highest BCUT2D eigenvalue weighted by Crippen LogP contribution is 2.25. The van der Waals surface area contributed by atoms with Gasteiger partial charge in [-0.3, -0.25) is 5.43 Å². The molecular weight excluding hydrogens is 260 g/mol. The van der Waals surface area contributed by atoms with Crippen LogP contribution >= 0.6 is 0 Å². The molecule has 0 spiro atoms. The Morgan fingerprint density at radius 1 is 0.952 bits per heavy atom. The molecule has 0 aromatic heterocycles. The summed E-state index contributed by atoms with van der Waals surface area (Å²) in [6.45, 7) is 2.04. The summed E-state index contributed by atoms with van der Waals surface area (Å²) >= 11 is 0. The number of hydrogen-bond acceptors (Lipinski definition) is 3. The van der Waals surface area contributed by atoms with Crippen LogP contribution in [0.4, 0.5) is 5.69 Å². The highest BCUT2D eigenvalue weighted by molar-refractivity contribution is 6.02. The normalized spacial score (nSPS) is 11.1. The van der Waals surface area contributed by atoms with Crippen molar-refractivity contribution in [2.45, 2.75) is 6.92 Å².